The lowest BCUT2D eigenvalue weighted by atomic mass is 10.0. The number of hydrogen-bond donors (Lipinski definition) is 0. The molecule has 0 saturated heterocycles. The van der Waals surface area contributed by atoms with Crippen molar-refractivity contribution in [2.45, 2.75) is 399 Å². The van der Waals surface area contributed by atoms with Gasteiger partial charge in [0.05, 0.1) is 0 Å². The van der Waals surface area contributed by atoms with Crippen LogP contribution >= 0.6 is 0 Å². The topological polar surface area (TPSA) is 78.9 Å². The number of carbonyl (C=O) groups is 3. The molecule has 454 valence electrons. The van der Waals surface area contributed by atoms with Gasteiger partial charge >= 0.3 is 17.9 Å². The zero-order valence-electron chi connectivity index (χ0n) is 52.3. The maximum atomic E-state index is 12.9. The minimum Gasteiger partial charge on any atom is -0.462 e. The first-order chi connectivity index (χ1) is 38.0. The molecule has 0 heterocycles. The predicted molar refractivity (Wildman–Crippen MR) is 335 cm³/mol. The van der Waals surface area contributed by atoms with E-state index in [-0.39, 0.29) is 31.1 Å². The van der Waals surface area contributed by atoms with Gasteiger partial charge in [0, 0.05) is 19.3 Å². The lowest BCUT2D eigenvalue weighted by Gasteiger charge is -2.18. The van der Waals surface area contributed by atoms with Gasteiger partial charge in [-0.3, -0.25) is 14.4 Å². The van der Waals surface area contributed by atoms with E-state index in [0.29, 0.717) is 19.3 Å². The van der Waals surface area contributed by atoms with Crippen molar-refractivity contribution in [3.8, 4) is 0 Å². The predicted octanol–water partition coefficient (Wildman–Crippen LogP) is 23.8. The Morgan fingerprint density at radius 2 is 0.468 bits per heavy atom. The van der Waals surface area contributed by atoms with Crippen LogP contribution in [0, 0.1) is 0 Å². The van der Waals surface area contributed by atoms with Gasteiger partial charge in [0.25, 0.3) is 0 Å². The second-order valence-corrected chi connectivity index (χ2v) is 23.8. The summed E-state index contributed by atoms with van der Waals surface area (Å²) >= 11 is 0. The Morgan fingerprint density at radius 1 is 0.260 bits per heavy atom. The van der Waals surface area contributed by atoms with Crippen molar-refractivity contribution >= 4 is 17.9 Å². The van der Waals surface area contributed by atoms with Crippen LogP contribution in [0.3, 0.4) is 0 Å². The van der Waals surface area contributed by atoms with Crippen LogP contribution < -0.4 is 0 Å². The highest BCUT2D eigenvalue weighted by atomic mass is 16.6. The SMILES string of the molecule is CCCCCCC/C=C\C/C=C\CCCCCCCCCCCC(=O)OC(COC(=O)CCCCCCCC)COC(=O)CCCCCCCCCCCCCCCCCCCCCCCCCCCCCCCCCC. The molecule has 6 heteroatoms. The van der Waals surface area contributed by atoms with Gasteiger partial charge in [0.1, 0.15) is 13.2 Å². The fraction of sp³-hybridized carbons (Fsp3) is 0.901. The standard InChI is InChI=1S/C71H134O6/c1-4-7-10-13-16-18-20-22-24-26-28-30-31-32-33-34-35-36-37-38-39-40-42-43-45-47-49-51-53-55-58-61-64-70(73)76-67-68(66-75-69(72)63-60-57-15-12-9-6-3)77-71(74)65-62-59-56-54-52-50-48-46-44-41-29-27-25-23-21-19-17-14-11-8-5-2/h21,23,27,29,68H,4-20,22,24-26,28,30-67H2,1-3H3/b23-21-,29-27-. The largest absolute Gasteiger partial charge is 0.462 e. The molecule has 0 aliphatic heterocycles. The van der Waals surface area contributed by atoms with Gasteiger partial charge in [-0.1, -0.05) is 347 Å². The summed E-state index contributed by atoms with van der Waals surface area (Å²) in [5.41, 5.74) is 0. The van der Waals surface area contributed by atoms with Crippen molar-refractivity contribution in [2.75, 3.05) is 13.2 Å². The third kappa shape index (κ3) is 64.6. The minimum absolute atomic E-state index is 0.0680. The molecule has 0 aliphatic rings. The van der Waals surface area contributed by atoms with Crippen LogP contribution in [-0.2, 0) is 28.6 Å². The quantitative estimate of drug-likeness (QED) is 0.0261. The smallest absolute Gasteiger partial charge is 0.306 e. The lowest BCUT2D eigenvalue weighted by Crippen LogP contribution is -2.30. The summed E-state index contributed by atoms with van der Waals surface area (Å²) in [4.78, 5) is 38.0. The Morgan fingerprint density at radius 3 is 0.714 bits per heavy atom. The Hall–Kier alpha value is -2.11. The monoisotopic (exact) mass is 1080 g/mol. The van der Waals surface area contributed by atoms with Crippen molar-refractivity contribution in [1.29, 1.82) is 0 Å². The number of hydrogen-bond acceptors (Lipinski definition) is 6. The first-order valence-electron chi connectivity index (χ1n) is 34.8. The highest BCUT2D eigenvalue weighted by molar-refractivity contribution is 5.71. The number of allylic oxidation sites excluding steroid dienone is 4. The van der Waals surface area contributed by atoms with Crippen molar-refractivity contribution < 1.29 is 28.6 Å². The molecule has 0 aromatic heterocycles. The molecule has 0 radical (unpaired) electrons. The molecule has 0 amide bonds. The van der Waals surface area contributed by atoms with Gasteiger partial charge in [-0.25, -0.2) is 0 Å². The molecule has 0 rings (SSSR count). The zero-order chi connectivity index (χ0) is 55.7. The van der Waals surface area contributed by atoms with Crippen molar-refractivity contribution in [1.82, 2.24) is 0 Å². The third-order valence-electron chi connectivity index (χ3n) is 16.0. The zero-order valence-corrected chi connectivity index (χ0v) is 52.3. The van der Waals surface area contributed by atoms with Crippen LogP contribution in [0.25, 0.3) is 0 Å². The van der Waals surface area contributed by atoms with E-state index in [9.17, 15) is 14.4 Å². The molecule has 0 aliphatic carbocycles. The van der Waals surface area contributed by atoms with E-state index < -0.39 is 6.10 Å². The summed E-state index contributed by atoms with van der Waals surface area (Å²) in [6.07, 6.45) is 81.2. The molecule has 0 spiro atoms. The van der Waals surface area contributed by atoms with Gasteiger partial charge in [-0.05, 0) is 51.4 Å². The van der Waals surface area contributed by atoms with Crippen molar-refractivity contribution in [3.63, 3.8) is 0 Å². The normalized spacial score (nSPS) is 12.1. The van der Waals surface area contributed by atoms with Gasteiger partial charge in [-0.2, -0.15) is 0 Å². The fourth-order valence-corrected chi connectivity index (χ4v) is 10.7. The van der Waals surface area contributed by atoms with Gasteiger partial charge in [0.15, 0.2) is 6.10 Å². The van der Waals surface area contributed by atoms with E-state index in [0.717, 1.165) is 64.2 Å². The van der Waals surface area contributed by atoms with E-state index in [4.69, 9.17) is 14.2 Å². The first kappa shape index (κ1) is 74.9. The Kier molecular flexibility index (Phi) is 64.6. The van der Waals surface area contributed by atoms with E-state index in [1.165, 1.54) is 289 Å². The second-order valence-electron chi connectivity index (χ2n) is 23.8. The Balaban J connectivity index is 3.94. The summed E-state index contributed by atoms with van der Waals surface area (Å²) < 4.78 is 16.8. The van der Waals surface area contributed by atoms with E-state index >= 15 is 0 Å². The van der Waals surface area contributed by atoms with E-state index in [2.05, 4.69) is 45.1 Å². The number of ether oxygens (including phenoxy) is 3. The molecule has 0 fully saturated rings. The van der Waals surface area contributed by atoms with Crippen LogP contribution in [-0.4, -0.2) is 37.2 Å². The molecular formula is C71H134O6. The molecule has 6 nitrogen and oxygen atoms in total. The first-order valence-corrected chi connectivity index (χ1v) is 34.8. The number of carbonyl (C=O) groups excluding carboxylic acids is 3. The summed E-state index contributed by atoms with van der Waals surface area (Å²) in [5.74, 6) is -0.857. The molecular weight excluding hydrogens is 949 g/mol. The third-order valence-corrected chi connectivity index (χ3v) is 16.0. The fourth-order valence-electron chi connectivity index (χ4n) is 10.7. The highest BCUT2D eigenvalue weighted by Crippen LogP contribution is 2.19. The summed E-state index contributed by atoms with van der Waals surface area (Å²) in [6, 6.07) is 0. The van der Waals surface area contributed by atoms with Gasteiger partial charge in [-0.15, -0.1) is 0 Å². The molecule has 0 bridgehead atoms. The Labute approximate surface area is 481 Å². The van der Waals surface area contributed by atoms with E-state index in [1.54, 1.807) is 0 Å². The molecule has 0 saturated carbocycles. The van der Waals surface area contributed by atoms with Crippen LogP contribution in [0.2, 0.25) is 0 Å². The maximum absolute atomic E-state index is 12.9. The maximum Gasteiger partial charge on any atom is 0.306 e. The second kappa shape index (κ2) is 66.4. The molecule has 0 aromatic rings. The number of unbranched alkanes of at least 4 members (excludes halogenated alkanes) is 50. The summed E-state index contributed by atoms with van der Waals surface area (Å²) in [7, 11) is 0. The van der Waals surface area contributed by atoms with Crippen LogP contribution in [0.15, 0.2) is 24.3 Å². The van der Waals surface area contributed by atoms with Crippen LogP contribution in [0.5, 0.6) is 0 Å². The molecule has 0 aromatic carbocycles. The average Bonchev–Trinajstić information content (AvgIpc) is 3.43. The Bertz CT molecular complexity index is 1240. The van der Waals surface area contributed by atoms with Crippen LogP contribution in [0.4, 0.5) is 0 Å². The number of rotatable bonds is 65. The van der Waals surface area contributed by atoms with E-state index in [1.807, 2.05) is 0 Å². The highest BCUT2D eigenvalue weighted by Gasteiger charge is 2.19. The summed E-state index contributed by atoms with van der Waals surface area (Å²) in [5, 5.41) is 0. The van der Waals surface area contributed by atoms with Gasteiger partial charge < -0.3 is 14.2 Å². The summed E-state index contributed by atoms with van der Waals surface area (Å²) in [6.45, 7) is 6.64. The molecule has 0 N–H and O–H groups in total. The molecule has 77 heavy (non-hydrogen) atoms. The molecule has 1 unspecified atom stereocenters. The van der Waals surface area contributed by atoms with Crippen LogP contribution in [0.1, 0.15) is 393 Å². The van der Waals surface area contributed by atoms with Crippen molar-refractivity contribution in [2.24, 2.45) is 0 Å². The molecule has 1 atom stereocenters. The average molecular weight is 1080 g/mol. The number of esters is 3. The lowest BCUT2D eigenvalue weighted by molar-refractivity contribution is -0.167. The van der Waals surface area contributed by atoms with Crippen molar-refractivity contribution in [3.05, 3.63) is 24.3 Å². The van der Waals surface area contributed by atoms with Gasteiger partial charge in [0.2, 0.25) is 0 Å². The minimum atomic E-state index is -0.768.